The molecule has 88 valence electrons. The predicted octanol–water partition coefficient (Wildman–Crippen LogP) is 4.97. The van der Waals surface area contributed by atoms with Gasteiger partial charge in [0.05, 0.1) is 0 Å². The van der Waals surface area contributed by atoms with Crippen LogP contribution >= 0.6 is 15.9 Å². The minimum Gasteiger partial charge on any atom is -0.507 e. The van der Waals surface area contributed by atoms with Crippen molar-refractivity contribution in [2.75, 3.05) is 0 Å². The number of benzene rings is 3. The van der Waals surface area contributed by atoms with Crippen LogP contribution in [0.15, 0.2) is 65.1 Å². The highest BCUT2D eigenvalue weighted by molar-refractivity contribution is 9.10. The van der Waals surface area contributed by atoms with Crippen LogP contribution in [-0.2, 0) is 0 Å². The SMILES string of the molecule is Oc1ccc(-c2ccccc2Br)c2ccccc12. The summed E-state index contributed by atoms with van der Waals surface area (Å²) in [7, 11) is 0. The topological polar surface area (TPSA) is 20.2 Å². The first-order chi connectivity index (χ1) is 8.77. The predicted molar refractivity (Wildman–Crippen MR) is 78.7 cm³/mol. The molecule has 0 unspecified atom stereocenters. The van der Waals surface area contributed by atoms with Crippen molar-refractivity contribution in [1.29, 1.82) is 0 Å². The van der Waals surface area contributed by atoms with E-state index in [1.807, 2.05) is 48.5 Å². The van der Waals surface area contributed by atoms with E-state index in [9.17, 15) is 5.11 Å². The summed E-state index contributed by atoms with van der Waals surface area (Å²) < 4.78 is 1.06. The number of rotatable bonds is 1. The highest BCUT2D eigenvalue weighted by atomic mass is 79.9. The molecule has 1 N–H and O–H groups in total. The maximum Gasteiger partial charge on any atom is 0.123 e. The Morgan fingerprint density at radius 3 is 2.11 bits per heavy atom. The van der Waals surface area contributed by atoms with Gasteiger partial charge in [0.25, 0.3) is 0 Å². The van der Waals surface area contributed by atoms with E-state index in [0.29, 0.717) is 5.75 Å². The summed E-state index contributed by atoms with van der Waals surface area (Å²) in [6.07, 6.45) is 0. The highest BCUT2D eigenvalue weighted by Crippen LogP contribution is 2.36. The van der Waals surface area contributed by atoms with Crippen LogP contribution in [0, 0.1) is 0 Å². The van der Waals surface area contributed by atoms with Crippen LogP contribution in [0.1, 0.15) is 0 Å². The Labute approximate surface area is 114 Å². The van der Waals surface area contributed by atoms with E-state index in [1.54, 1.807) is 6.07 Å². The van der Waals surface area contributed by atoms with E-state index >= 15 is 0 Å². The fourth-order valence-electron chi connectivity index (χ4n) is 2.20. The third-order valence-electron chi connectivity index (χ3n) is 3.07. The van der Waals surface area contributed by atoms with Crippen molar-refractivity contribution in [1.82, 2.24) is 0 Å². The molecule has 1 nitrogen and oxygen atoms in total. The average Bonchev–Trinajstić information content (AvgIpc) is 2.41. The second-order valence-electron chi connectivity index (χ2n) is 4.16. The lowest BCUT2D eigenvalue weighted by atomic mass is 9.98. The number of hydrogen-bond acceptors (Lipinski definition) is 1. The molecular weight excluding hydrogens is 288 g/mol. The number of fused-ring (bicyclic) bond motifs is 1. The Bertz CT molecular complexity index is 719. The fraction of sp³-hybridized carbons (Fsp3) is 0. The van der Waals surface area contributed by atoms with Gasteiger partial charge in [-0.25, -0.2) is 0 Å². The van der Waals surface area contributed by atoms with Gasteiger partial charge in [-0.3, -0.25) is 0 Å². The average molecular weight is 299 g/mol. The molecule has 0 fully saturated rings. The van der Waals surface area contributed by atoms with Gasteiger partial charge in [0.2, 0.25) is 0 Å². The molecule has 0 saturated heterocycles. The molecule has 3 rings (SSSR count). The molecule has 0 heterocycles. The summed E-state index contributed by atoms with van der Waals surface area (Å²) in [6.45, 7) is 0. The monoisotopic (exact) mass is 298 g/mol. The summed E-state index contributed by atoms with van der Waals surface area (Å²) in [5.74, 6) is 0.321. The van der Waals surface area contributed by atoms with Gasteiger partial charge in [-0.15, -0.1) is 0 Å². The standard InChI is InChI=1S/C16H11BrO/c17-15-8-4-3-6-13(15)12-9-10-16(18)14-7-2-1-5-11(12)14/h1-10,18H. The van der Waals surface area contributed by atoms with Crippen molar-refractivity contribution in [3.05, 3.63) is 65.1 Å². The first-order valence-electron chi connectivity index (χ1n) is 5.73. The Morgan fingerprint density at radius 1 is 0.667 bits per heavy atom. The summed E-state index contributed by atoms with van der Waals surface area (Å²) in [5, 5.41) is 11.8. The first-order valence-corrected chi connectivity index (χ1v) is 6.52. The lowest BCUT2D eigenvalue weighted by Gasteiger charge is -2.09. The first kappa shape index (κ1) is 11.3. The molecule has 3 aromatic carbocycles. The van der Waals surface area contributed by atoms with E-state index in [1.165, 1.54) is 0 Å². The zero-order valence-corrected chi connectivity index (χ0v) is 11.2. The zero-order valence-electron chi connectivity index (χ0n) is 9.60. The Morgan fingerprint density at radius 2 is 1.33 bits per heavy atom. The van der Waals surface area contributed by atoms with E-state index in [0.717, 1.165) is 26.4 Å². The summed E-state index contributed by atoms with van der Waals surface area (Å²) >= 11 is 3.57. The largest absolute Gasteiger partial charge is 0.507 e. The Balaban J connectivity index is 2.38. The lowest BCUT2D eigenvalue weighted by molar-refractivity contribution is 0.481. The van der Waals surface area contributed by atoms with E-state index in [4.69, 9.17) is 0 Å². The summed E-state index contributed by atoms with van der Waals surface area (Å²) in [5.41, 5.74) is 2.25. The maximum atomic E-state index is 9.90. The smallest absolute Gasteiger partial charge is 0.123 e. The summed E-state index contributed by atoms with van der Waals surface area (Å²) in [6, 6.07) is 19.7. The Hall–Kier alpha value is -1.80. The van der Waals surface area contributed by atoms with Gasteiger partial charge in [-0.1, -0.05) is 64.5 Å². The third-order valence-corrected chi connectivity index (χ3v) is 3.76. The number of aromatic hydroxyl groups is 1. The van der Waals surface area contributed by atoms with Crippen LogP contribution in [-0.4, -0.2) is 5.11 Å². The van der Waals surface area contributed by atoms with Crippen molar-refractivity contribution in [3.8, 4) is 16.9 Å². The van der Waals surface area contributed by atoms with Crippen LogP contribution in [0.25, 0.3) is 21.9 Å². The van der Waals surface area contributed by atoms with Crippen molar-refractivity contribution in [2.45, 2.75) is 0 Å². The number of halogens is 1. The maximum absolute atomic E-state index is 9.90. The normalized spacial score (nSPS) is 10.7. The van der Waals surface area contributed by atoms with Gasteiger partial charge in [-0.2, -0.15) is 0 Å². The molecule has 0 bridgehead atoms. The molecule has 18 heavy (non-hydrogen) atoms. The van der Waals surface area contributed by atoms with Crippen LogP contribution in [0.2, 0.25) is 0 Å². The van der Waals surface area contributed by atoms with E-state index in [-0.39, 0.29) is 0 Å². The molecule has 0 radical (unpaired) electrons. The molecule has 3 aromatic rings. The third kappa shape index (κ3) is 1.79. The number of phenolic OH excluding ortho intramolecular Hbond substituents is 1. The molecule has 0 spiro atoms. The molecule has 0 atom stereocenters. The minimum atomic E-state index is 0.321. The van der Waals surface area contributed by atoms with Gasteiger partial charge < -0.3 is 5.11 Å². The van der Waals surface area contributed by atoms with Gasteiger partial charge in [0.1, 0.15) is 5.75 Å². The van der Waals surface area contributed by atoms with E-state index < -0.39 is 0 Å². The zero-order chi connectivity index (χ0) is 12.5. The highest BCUT2D eigenvalue weighted by Gasteiger charge is 2.08. The molecule has 0 saturated carbocycles. The van der Waals surface area contributed by atoms with Crippen molar-refractivity contribution < 1.29 is 5.11 Å². The van der Waals surface area contributed by atoms with Crippen LogP contribution in [0.3, 0.4) is 0 Å². The van der Waals surface area contributed by atoms with E-state index in [2.05, 4.69) is 22.0 Å². The minimum absolute atomic E-state index is 0.321. The van der Waals surface area contributed by atoms with Gasteiger partial charge in [0.15, 0.2) is 0 Å². The molecule has 0 aliphatic rings. The Kier molecular flexibility index (Phi) is 2.80. The van der Waals surface area contributed by atoms with Crippen LogP contribution < -0.4 is 0 Å². The molecule has 0 amide bonds. The van der Waals surface area contributed by atoms with Crippen LogP contribution in [0.4, 0.5) is 0 Å². The van der Waals surface area contributed by atoms with Crippen molar-refractivity contribution >= 4 is 26.7 Å². The fourth-order valence-corrected chi connectivity index (χ4v) is 2.70. The number of hydrogen-bond donors (Lipinski definition) is 1. The second-order valence-corrected chi connectivity index (χ2v) is 5.01. The van der Waals surface area contributed by atoms with Crippen LogP contribution in [0.5, 0.6) is 5.75 Å². The number of phenols is 1. The molecule has 0 aliphatic carbocycles. The van der Waals surface area contributed by atoms with Crippen molar-refractivity contribution in [3.63, 3.8) is 0 Å². The van der Waals surface area contributed by atoms with Gasteiger partial charge in [0, 0.05) is 9.86 Å². The molecule has 0 aromatic heterocycles. The van der Waals surface area contributed by atoms with Gasteiger partial charge >= 0.3 is 0 Å². The lowest BCUT2D eigenvalue weighted by Crippen LogP contribution is -1.83. The quantitative estimate of drug-likeness (QED) is 0.672. The van der Waals surface area contributed by atoms with Crippen molar-refractivity contribution in [2.24, 2.45) is 0 Å². The second kappa shape index (κ2) is 4.46. The van der Waals surface area contributed by atoms with Gasteiger partial charge in [-0.05, 0) is 28.6 Å². The molecule has 0 aliphatic heterocycles. The molecular formula is C16H11BrO. The molecule has 2 heteroatoms. The summed E-state index contributed by atoms with van der Waals surface area (Å²) in [4.78, 5) is 0.